The Kier molecular flexibility index (Phi) is 6.90. The lowest BCUT2D eigenvalue weighted by Crippen LogP contribution is -2.18. The lowest BCUT2D eigenvalue weighted by molar-refractivity contribution is 0.102. The van der Waals surface area contributed by atoms with Crippen LogP contribution in [0.1, 0.15) is 20.7 Å². The van der Waals surface area contributed by atoms with E-state index in [0.29, 0.717) is 0 Å². The molecule has 2 amide bonds. The average Bonchev–Trinajstić information content (AvgIpc) is 2.72. The summed E-state index contributed by atoms with van der Waals surface area (Å²) in [5.41, 5.74) is -1.97. The van der Waals surface area contributed by atoms with Crippen LogP contribution in [0.15, 0.2) is 42.5 Å². The minimum absolute atomic E-state index is 0.0299. The Morgan fingerprint density at radius 2 is 1.19 bits per heavy atom. The molecule has 3 aromatic carbocycles. The normalized spacial score (nSPS) is 10.6. The summed E-state index contributed by atoms with van der Waals surface area (Å²) in [6.45, 7) is 0. The maximum Gasteiger partial charge on any atom is 0.259 e. The van der Waals surface area contributed by atoms with E-state index in [1.807, 2.05) is 10.6 Å². The van der Waals surface area contributed by atoms with E-state index in [-0.39, 0.29) is 26.9 Å². The molecule has 0 heterocycles. The van der Waals surface area contributed by atoms with Crippen LogP contribution in [0.3, 0.4) is 0 Å². The van der Waals surface area contributed by atoms with Crippen LogP contribution in [0.4, 0.5) is 28.9 Å². The molecule has 166 valence electrons. The maximum absolute atomic E-state index is 14.0. The number of amides is 2. The number of benzene rings is 3. The molecular weight excluding hydrogens is 475 g/mol. The number of anilines is 2. The van der Waals surface area contributed by atoms with Crippen LogP contribution in [-0.4, -0.2) is 18.9 Å². The minimum Gasteiger partial charge on any atom is -0.496 e. The number of hydrogen-bond acceptors (Lipinski definition) is 3. The molecule has 0 aliphatic rings. The van der Waals surface area contributed by atoms with E-state index in [1.165, 1.54) is 19.2 Å². The topological polar surface area (TPSA) is 67.4 Å². The minimum atomic E-state index is -1.12. The number of methoxy groups -OCH3 is 1. The molecule has 0 saturated heterocycles. The second-order valence-corrected chi connectivity index (χ2v) is 7.19. The molecule has 0 aliphatic carbocycles. The van der Waals surface area contributed by atoms with Crippen molar-refractivity contribution in [2.24, 2.45) is 0 Å². The lowest BCUT2D eigenvalue weighted by Gasteiger charge is -2.13. The zero-order chi connectivity index (χ0) is 23.6. The summed E-state index contributed by atoms with van der Waals surface area (Å²) in [7, 11) is 1.23. The van der Waals surface area contributed by atoms with Crippen LogP contribution < -0.4 is 15.4 Å². The Labute approximate surface area is 188 Å². The van der Waals surface area contributed by atoms with Gasteiger partial charge in [-0.3, -0.25) is 9.59 Å². The molecule has 0 spiro atoms. The molecule has 5 nitrogen and oxygen atoms in total. The molecule has 3 aromatic rings. The van der Waals surface area contributed by atoms with E-state index in [9.17, 15) is 27.2 Å². The molecule has 3 rings (SSSR count). The van der Waals surface area contributed by atoms with Gasteiger partial charge in [-0.25, -0.2) is 17.6 Å². The van der Waals surface area contributed by atoms with Crippen LogP contribution in [0, 0.1) is 23.3 Å². The van der Waals surface area contributed by atoms with Gasteiger partial charge in [-0.2, -0.15) is 0 Å². The summed E-state index contributed by atoms with van der Waals surface area (Å²) in [5, 5.41) is 3.67. The molecule has 0 unspecified atom stereocenters. The van der Waals surface area contributed by atoms with Crippen molar-refractivity contribution in [3.63, 3.8) is 0 Å². The molecule has 11 heteroatoms. The van der Waals surface area contributed by atoms with Gasteiger partial charge in [0.15, 0.2) is 23.3 Å². The lowest BCUT2D eigenvalue weighted by atomic mass is 10.1. The van der Waals surface area contributed by atoms with Gasteiger partial charge >= 0.3 is 0 Å². The fourth-order valence-electron chi connectivity index (χ4n) is 2.72. The van der Waals surface area contributed by atoms with E-state index in [2.05, 4.69) is 0 Å². The summed E-state index contributed by atoms with van der Waals surface area (Å²) >= 11 is 11.1. The van der Waals surface area contributed by atoms with Gasteiger partial charge in [-0.05, 0) is 42.5 Å². The zero-order valence-corrected chi connectivity index (χ0v) is 17.5. The molecule has 0 aromatic heterocycles. The van der Waals surface area contributed by atoms with Gasteiger partial charge in [0.05, 0.1) is 12.7 Å². The number of carbonyl (C=O) groups excluding carboxylic acids is 2. The monoisotopic (exact) mass is 486 g/mol. The Morgan fingerprint density at radius 3 is 1.62 bits per heavy atom. The Hall–Kier alpha value is -3.30. The van der Waals surface area contributed by atoms with E-state index in [4.69, 9.17) is 27.9 Å². The molecule has 32 heavy (non-hydrogen) atoms. The van der Waals surface area contributed by atoms with Crippen molar-refractivity contribution in [1.29, 1.82) is 0 Å². The number of ether oxygens (including phenoxy) is 1. The van der Waals surface area contributed by atoms with Crippen molar-refractivity contribution < 1.29 is 31.9 Å². The molecule has 0 fully saturated rings. The van der Waals surface area contributed by atoms with E-state index < -0.39 is 46.5 Å². The summed E-state index contributed by atoms with van der Waals surface area (Å²) < 4.78 is 61.0. The first-order valence-corrected chi connectivity index (χ1v) is 9.46. The van der Waals surface area contributed by atoms with Gasteiger partial charge in [0, 0.05) is 15.6 Å². The highest BCUT2D eigenvalue weighted by molar-refractivity contribution is 6.31. The largest absolute Gasteiger partial charge is 0.496 e. The van der Waals surface area contributed by atoms with Crippen molar-refractivity contribution in [1.82, 2.24) is 0 Å². The Morgan fingerprint density at radius 1 is 0.750 bits per heavy atom. The van der Waals surface area contributed by atoms with Crippen LogP contribution in [-0.2, 0) is 0 Å². The van der Waals surface area contributed by atoms with Crippen molar-refractivity contribution in [2.45, 2.75) is 0 Å². The van der Waals surface area contributed by atoms with Gasteiger partial charge in [-0.15, -0.1) is 0 Å². The first-order valence-electron chi connectivity index (χ1n) is 8.70. The molecule has 0 bridgehead atoms. The molecule has 0 atom stereocenters. The molecule has 0 saturated carbocycles. The predicted octanol–water partition coefficient (Wildman–Crippen LogP) is 6.06. The summed E-state index contributed by atoms with van der Waals surface area (Å²) in [6.07, 6.45) is 0. The van der Waals surface area contributed by atoms with E-state index in [1.54, 1.807) is 0 Å². The fraction of sp³-hybridized carbons (Fsp3) is 0.0476. The van der Waals surface area contributed by atoms with E-state index in [0.717, 1.165) is 30.3 Å². The summed E-state index contributed by atoms with van der Waals surface area (Å²) in [4.78, 5) is 25.1. The zero-order valence-electron chi connectivity index (χ0n) is 16.0. The van der Waals surface area contributed by atoms with Gasteiger partial charge in [-0.1, -0.05) is 23.2 Å². The Balaban J connectivity index is 1.92. The highest BCUT2D eigenvalue weighted by atomic mass is 35.5. The van der Waals surface area contributed by atoms with Crippen LogP contribution in [0.5, 0.6) is 5.75 Å². The van der Waals surface area contributed by atoms with Gasteiger partial charge in [0.2, 0.25) is 0 Å². The van der Waals surface area contributed by atoms with E-state index >= 15 is 0 Å². The smallest absolute Gasteiger partial charge is 0.259 e. The highest BCUT2D eigenvalue weighted by Crippen LogP contribution is 2.28. The third kappa shape index (κ3) is 4.95. The third-order valence-corrected chi connectivity index (χ3v) is 4.63. The fourth-order valence-corrected chi connectivity index (χ4v) is 3.10. The standard InChI is InChI=1S/C21H12Cl2F4N2O3/c1-32-17-3-2-9(20(30)28-18-13(24)5-10(22)6-14(18)25)4-12(17)21(31)29-19-15(26)7-11(23)8-16(19)27/h2-8H,1H3,(H,28,30)(H,29,31). The molecular formula is C21H12Cl2F4N2O3. The van der Waals surface area contributed by atoms with Crippen molar-refractivity contribution in [2.75, 3.05) is 17.7 Å². The van der Waals surface area contributed by atoms with Crippen molar-refractivity contribution in [3.8, 4) is 5.75 Å². The SMILES string of the molecule is COc1ccc(C(=O)Nc2c(F)cc(Cl)cc2F)cc1C(=O)Nc1c(F)cc(Cl)cc1F. The number of rotatable bonds is 5. The van der Waals surface area contributed by atoms with Gasteiger partial charge in [0.1, 0.15) is 17.1 Å². The highest BCUT2D eigenvalue weighted by Gasteiger charge is 2.21. The predicted molar refractivity (Wildman–Crippen MR) is 112 cm³/mol. The first kappa shape index (κ1) is 23.4. The number of nitrogens with one attached hydrogen (secondary N) is 2. The van der Waals surface area contributed by atoms with Gasteiger partial charge in [0.25, 0.3) is 11.8 Å². The van der Waals surface area contributed by atoms with Crippen molar-refractivity contribution >= 4 is 46.4 Å². The number of hydrogen-bond donors (Lipinski definition) is 2. The maximum atomic E-state index is 14.0. The Bertz CT molecular complexity index is 1190. The van der Waals surface area contributed by atoms with Crippen LogP contribution >= 0.6 is 23.2 Å². The second-order valence-electron chi connectivity index (χ2n) is 6.31. The molecule has 0 aliphatic heterocycles. The quantitative estimate of drug-likeness (QED) is 0.430. The molecule has 2 N–H and O–H groups in total. The van der Waals surface area contributed by atoms with Crippen LogP contribution in [0.2, 0.25) is 10.0 Å². The third-order valence-electron chi connectivity index (χ3n) is 4.20. The summed E-state index contributed by atoms with van der Waals surface area (Å²) in [6, 6.07) is 6.70. The molecule has 0 radical (unpaired) electrons. The average molecular weight is 487 g/mol. The number of halogens is 6. The summed E-state index contributed by atoms with van der Waals surface area (Å²) in [5.74, 6) is -6.47. The van der Waals surface area contributed by atoms with Crippen molar-refractivity contribution in [3.05, 3.63) is 86.9 Å². The second kappa shape index (κ2) is 9.46. The number of carbonyl (C=O) groups is 2. The van der Waals surface area contributed by atoms with Crippen LogP contribution in [0.25, 0.3) is 0 Å². The first-order chi connectivity index (χ1) is 15.1. The van der Waals surface area contributed by atoms with Gasteiger partial charge < -0.3 is 15.4 Å².